The van der Waals surface area contributed by atoms with Crippen LogP contribution in [-0.2, 0) is 7.05 Å². The topological polar surface area (TPSA) is 30.9 Å². The van der Waals surface area contributed by atoms with Crippen LogP contribution in [0.5, 0.6) is 0 Å². The highest BCUT2D eigenvalue weighted by Gasteiger charge is 2.57. The maximum atomic E-state index is 5.85. The molecule has 2 N–H and O–H groups in total. The second-order valence-corrected chi connectivity index (χ2v) is 5.89. The van der Waals surface area contributed by atoms with Gasteiger partial charge in [-0.2, -0.15) is 0 Å². The number of hydrogen-bond acceptors (Lipinski definition) is 1. The SMILES string of the molecule is Cn1ccc2cc([C@@H]3[C@@H](CN)C3(C)C)ccc21. The Bertz CT molecular complexity index is 565. The first kappa shape index (κ1) is 10.8. The van der Waals surface area contributed by atoms with Crippen LogP contribution in [0, 0.1) is 11.3 Å². The highest BCUT2D eigenvalue weighted by atomic mass is 14.9. The predicted molar refractivity (Wildman–Crippen MR) is 72.0 cm³/mol. The van der Waals surface area contributed by atoms with Crippen molar-refractivity contribution in [2.24, 2.45) is 24.1 Å². The zero-order chi connectivity index (χ0) is 12.2. The second kappa shape index (κ2) is 3.36. The molecule has 0 radical (unpaired) electrons. The van der Waals surface area contributed by atoms with Gasteiger partial charge >= 0.3 is 0 Å². The Kier molecular flexibility index (Phi) is 2.14. The summed E-state index contributed by atoms with van der Waals surface area (Å²) in [6.45, 7) is 5.44. The number of rotatable bonds is 2. The Hall–Kier alpha value is -1.28. The Morgan fingerprint density at radius 1 is 1.29 bits per heavy atom. The van der Waals surface area contributed by atoms with Gasteiger partial charge in [0.05, 0.1) is 0 Å². The lowest BCUT2D eigenvalue weighted by Crippen LogP contribution is -2.05. The van der Waals surface area contributed by atoms with Crippen molar-refractivity contribution in [1.29, 1.82) is 0 Å². The first-order chi connectivity index (χ1) is 8.05. The van der Waals surface area contributed by atoms with Gasteiger partial charge in [0.15, 0.2) is 0 Å². The number of hydrogen-bond donors (Lipinski definition) is 1. The number of nitrogens with two attached hydrogens (primary N) is 1. The summed E-state index contributed by atoms with van der Waals surface area (Å²) in [5.74, 6) is 1.28. The van der Waals surface area contributed by atoms with Crippen molar-refractivity contribution in [3.05, 3.63) is 36.0 Å². The standard InChI is InChI=1S/C15H20N2/c1-15(2)12(9-16)14(15)11-4-5-13-10(8-11)6-7-17(13)3/h4-8,12,14H,9,16H2,1-3H3/t12-,14-/m1/s1. The van der Waals surface area contributed by atoms with Crippen molar-refractivity contribution in [3.8, 4) is 0 Å². The minimum atomic E-state index is 0.372. The molecule has 2 heteroatoms. The van der Waals surface area contributed by atoms with Crippen molar-refractivity contribution >= 4 is 10.9 Å². The van der Waals surface area contributed by atoms with E-state index in [2.05, 4.69) is 55.9 Å². The molecule has 17 heavy (non-hydrogen) atoms. The lowest BCUT2D eigenvalue weighted by Gasteiger charge is -2.04. The van der Waals surface area contributed by atoms with E-state index in [0.29, 0.717) is 17.3 Å². The van der Waals surface area contributed by atoms with E-state index in [1.807, 2.05) is 0 Å². The van der Waals surface area contributed by atoms with Crippen LogP contribution in [0.25, 0.3) is 10.9 Å². The van der Waals surface area contributed by atoms with Crippen LogP contribution in [0.4, 0.5) is 0 Å². The van der Waals surface area contributed by atoms with E-state index in [1.165, 1.54) is 16.5 Å². The molecule has 3 rings (SSSR count). The van der Waals surface area contributed by atoms with Crippen molar-refractivity contribution in [2.75, 3.05) is 6.54 Å². The molecule has 2 atom stereocenters. The summed E-state index contributed by atoms with van der Waals surface area (Å²) >= 11 is 0. The summed E-state index contributed by atoms with van der Waals surface area (Å²) in [7, 11) is 2.09. The first-order valence-electron chi connectivity index (χ1n) is 6.30. The molecule has 0 saturated heterocycles. The maximum Gasteiger partial charge on any atom is 0.0477 e. The quantitative estimate of drug-likeness (QED) is 0.842. The summed E-state index contributed by atoms with van der Waals surface area (Å²) in [5, 5.41) is 1.34. The molecule has 2 nitrogen and oxygen atoms in total. The number of aryl methyl sites for hydroxylation is 1. The van der Waals surface area contributed by atoms with Crippen molar-refractivity contribution in [1.82, 2.24) is 4.57 Å². The van der Waals surface area contributed by atoms with Gasteiger partial charge in [-0.25, -0.2) is 0 Å². The fraction of sp³-hybridized carbons (Fsp3) is 0.467. The number of nitrogens with zero attached hydrogens (tertiary/aromatic N) is 1. The van der Waals surface area contributed by atoms with Crippen LogP contribution < -0.4 is 5.73 Å². The molecular weight excluding hydrogens is 208 g/mol. The number of aromatic nitrogens is 1. The minimum Gasteiger partial charge on any atom is -0.351 e. The molecule has 1 heterocycles. The van der Waals surface area contributed by atoms with Gasteiger partial charge in [-0.05, 0) is 52.9 Å². The molecule has 2 aromatic rings. The van der Waals surface area contributed by atoms with Crippen LogP contribution >= 0.6 is 0 Å². The fourth-order valence-corrected chi connectivity index (χ4v) is 3.34. The van der Waals surface area contributed by atoms with Crippen LogP contribution in [-0.4, -0.2) is 11.1 Å². The molecule has 1 aliphatic rings. The summed E-state index contributed by atoms with van der Waals surface area (Å²) in [4.78, 5) is 0. The Labute approximate surface area is 102 Å². The molecule has 1 fully saturated rings. The summed E-state index contributed by atoms with van der Waals surface area (Å²) in [6, 6.07) is 9.01. The maximum absolute atomic E-state index is 5.85. The normalized spacial score (nSPS) is 26.4. The molecule has 1 aliphatic carbocycles. The molecule has 1 aromatic carbocycles. The summed E-state index contributed by atoms with van der Waals surface area (Å²) in [5.41, 5.74) is 8.97. The number of benzene rings is 1. The molecule has 1 aromatic heterocycles. The van der Waals surface area contributed by atoms with E-state index in [-0.39, 0.29) is 0 Å². The highest BCUT2D eigenvalue weighted by Crippen LogP contribution is 2.63. The Balaban J connectivity index is 2.03. The van der Waals surface area contributed by atoms with Crippen LogP contribution in [0.15, 0.2) is 30.5 Å². The lowest BCUT2D eigenvalue weighted by atomic mass is 10.0. The minimum absolute atomic E-state index is 0.372. The molecule has 0 aliphatic heterocycles. The van der Waals surface area contributed by atoms with E-state index in [9.17, 15) is 0 Å². The molecular formula is C15H20N2. The second-order valence-electron chi connectivity index (χ2n) is 5.89. The molecule has 90 valence electrons. The summed E-state index contributed by atoms with van der Waals surface area (Å²) < 4.78 is 2.16. The third-order valence-corrected chi connectivity index (χ3v) is 4.57. The van der Waals surface area contributed by atoms with Crippen LogP contribution in [0.3, 0.4) is 0 Å². The lowest BCUT2D eigenvalue weighted by molar-refractivity contribution is 0.558. The van der Waals surface area contributed by atoms with Gasteiger partial charge in [0, 0.05) is 18.8 Å². The van der Waals surface area contributed by atoms with Gasteiger partial charge in [0.1, 0.15) is 0 Å². The Morgan fingerprint density at radius 2 is 2.06 bits per heavy atom. The first-order valence-corrected chi connectivity index (χ1v) is 6.30. The number of fused-ring (bicyclic) bond motifs is 1. The van der Waals surface area contributed by atoms with Gasteiger partial charge < -0.3 is 10.3 Å². The van der Waals surface area contributed by atoms with Crippen molar-refractivity contribution < 1.29 is 0 Å². The van der Waals surface area contributed by atoms with Gasteiger partial charge in [-0.1, -0.05) is 19.9 Å². The molecule has 0 spiro atoms. The fourth-order valence-electron chi connectivity index (χ4n) is 3.34. The molecule has 0 amide bonds. The van der Waals surface area contributed by atoms with Crippen LogP contribution in [0.2, 0.25) is 0 Å². The van der Waals surface area contributed by atoms with E-state index < -0.39 is 0 Å². The Morgan fingerprint density at radius 3 is 2.71 bits per heavy atom. The predicted octanol–water partition coefficient (Wildman–Crippen LogP) is 2.88. The molecule has 0 bridgehead atoms. The third kappa shape index (κ3) is 1.44. The molecule has 1 saturated carbocycles. The van der Waals surface area contributed by atoms with Crippen molar-refractivity contribution in [3.63, 3.8) is 0 Å². The third-order valence-electron chi connectivity index (χ3n) is 4.57. The molecule has 0 unspecified atom stereocenters. The smallest absolute Gasteiger partial charge is 0.0477 e. The zero-order valence-corrected chi connectivity index (χ0v) is 10.8. The highest BCUT2D eigenvalue weighted by molar-refractivity contribution is 5.81. The average Bonchev–Trinajstić information content (AvgIpc) is 2.66. The largest absolute Gasteiger partial charge is 0.351 e. The average molecular weight is 228 g/mol. The summed E-state index contributed by atoms with van der Waals surface area (Å²) in [6.07, 6.45) is 2.12. The van der Waals surface area contributed by atoms with Crippen LogP contribution in [0.1, 0.15) is 25.3 Å². The van der Waals surface area contributed by atoms with Gasteiger partial charge in [-0.15, -0.1) is 0 Å². The monoisotopic (exact) mass is 228 g/mol. The van der Waals surface area contributed by atoms with E-state index in [0.717, 1.165) is 6.54 Å². The van der Waals surface area contributed by atoms with E-state index in [4.69, 9.17) is 5.73 Å². The van der Waals surface area contributed by atoms with Gasteiger partial charge in [-0.3, -0.25) is 0 Å². The van der Waals surface area contributed by atoms with Crippen molar-refractivity contribution in [2.45, 2.75) is 19.8 Å². The van der Waals surface area contributed by atoms with E-state index >= 15 is 0 Å². The van der Waals surface area contributed by atoms with E-state index in [1.54, 1.807) is 0 Å². The van der Waals surface area contributed by atoms with Gasteiger partial charge in [0.25, 0.3) is 0 Å². The zero-order valence-electron chi connectivity index (χ0n) is 10.8. The van der Waals surface area contributed by atoms with Gasteiger partial charge in [0.2, 0.25) is 0 Å².